The molecule has 23 heavy (non-hydrogen) atoms. The molecule has 1 fully saturated rings. The molecule has 4 rings (SSSR count). The smallest absolute Gasteiger partial charge is 0.219 e. The summed E-state index contributed by atoms with van der Waals surface area (Å²) in [5.41, 5.74) is 1.98. The first kappa shape index (κ1) is 14.2. The van der Waals surface area contributed by atoms with E-state index in [1.807, 2.05) is 21.7 Å². The van der Waals surface area contributed by atoms with Crippen LogP contribution in [0.3, 0.4) is 0 Å². The summed E-state index contributed by atoms with van der Waals surface area (Å²) in [6, 6.07) is 6.20. The van der Waals surface area contributed by atoms with Gasteiger partial charge in [0.15, 0.2) is 5.82 Å². The van der Waals surface area contributed by atoms with E-state index in [0.29, 0.717) is 0 Å². The molecule has 6 nitrogen and oxygen atoms in total. The summed E-state index contributed by atoms with van der Waals surface area (Å²) in [6.45, 7) is 4.70. The highest BCUT2D eigenvalue weighted by Gasteiger charge is 2.22. The van der Waals surface area contributed by atoms with Gasteiger partial charge in [0.25, 0.3) is 0 Å². The minimum Gasteiger partial charge on any atom is -0.351 e. The van der Waals surface area contributed by atoms with E-state index in [-0.39, 0.29) is 5.91 Å². The van der Waals surface area contributed by atoms with Gasteiger partial charge in [0, 0.05) is 45.5 Å². The standard InChI is InChI=1S/C16H17N5OS/c1-12(22)19-6-8-20(9-7-19)16-14-11-13(15-3-2-10-23-15)18-21(14)5-4-17-16/h2-5,10-11H,6-9H2,1H3. The van der Waals surface area contributed by atoms with Crippen LogP contribution >= 0.6 is 11.3 Å². The first-order valence-electron chi connectivity index (χ1n) is 7.61. The Labute approximate surface area is 138 Å². The molecule has 0 spiro atoms. The molecule has 7 heteroatoms. The zero-order chi connectivity index (χ0) is 15.8. The van der Waals surface area contributed by atoms with E-state index >= 15 is 0 Å². The number of anilines is 1. The fourth-order valence-corrected chi connectivity index (χ4v) is 3.61. The number of carbonyl (C=O) groups excluding carboxylic acids is 1. The van der Waals surface area contributed by atoms with Gasteiger partial charge < -0.3 is 9.80 Å². The molecular formula is C16H17N5OS. The number of hydrogen-bond acceptors (Lipinski definition) is 5. The fraction of sp³-hybridized carbons (Fsp3) is 0.312. The topological polar surface area (TPSA) is 53.7 Å². The third kappa shape index (κ3) is 2.57. The van der Waals surface area contributed by atoms with Gasteiger partial charge in [-0.05, 0) is 17.5 Å². The van der Waals surface area contributed by atoms with E-state index in [2.05, 4.69) is 32.5 Å². The first-order valence-corrected chi connectivity index (χ1v) is 8.49. The maximum absolute atomic E-state index is 11.5. The van der Waals surface area contributed by atoms with Crippen LogP contribution in [0.4, 0.5) is 5.82 Å². The lowest BCUT2D eigenvalue weighted by Gasteiger charge is -2.35. The number of nitrogens with zero attached hydrogens (tertiary/aromatic N) is 5. The second-order valence-corrected chi connectivity index (χ2v) is 6.53. The van der Waals surface area contributed by atoms with Crippen LogP contribution in [-0.4, -0.2) is 51.6 Å². The average molecular weight is 327 g/mol. The molecule has 118 valence electrons. The third-order valence-corrected chi connectivity index (χ3v) is 5.06. The van der Waals surface area contributed by atoms with Crippen LogP contribution in [0.25, 0.3) is 16.1 Å². The van der Waals surface area contributed by atoms with E-state index in [1.165, 1.54) is 0 Å². The molecule has 0 unspecified atom stereocenters. The number of piperazine rings is 1. The molecule has 1 saturated heterocycles. The van der Waals surface area contributed by atoms with E-state index in [4.69, 9.17) is 0 Å². The highest BCUT2D eigenvalue weighted by atomic mass is 32.1. The predicted molar refractivity (Wildman–Crippen MR) is 90.8 cm³/mol. The third-order valence-electron chi connectivity index (χ3n) is 4.17. The molecule has 0 aliphatic carbocycles. The molecular weight excluding hydrogens is 310 g/mol. The average Bonchev–Trinajstić information content (AvgIpc) is 3.23. The Morgan fingerprint density at radius 2 is 2.09 bits per heavy atom. The van der Waals surface area contributed by atoms with E-state index in [1.54, 1.807) is 24.5 Å². The lowest BCUT2D eigenvalue weighted by atomic mass is 10.3. The Hall–Kier alpha value is -2.41. The van der Waals surface area contributed by atoms with E-state index in [0.717, 1.165) is 48.1 Å². The summed E-state index contributed by atoms with van der Waals surface area (Å²) < 4.78 is 1.88. The van der Waals surface area contributed by atoms with Gasteiger partial charge in [0.2, 0.25) is 5.91 Å². The lowest BCUT2D eigenvalue weighted by Crippen LogP contribution is -2.48. The molecule has 0 N–H and O–H groups in total. The van der Waals surface area contributed by atoms with Crippen molar-refractivity contribution in [3.63, 3.8) is 0 Å². The van der Waals surface area contributed by atoms with Crippen molar-refractivity contribution in [1.82, 2.24) is 19.5 Å². The second-order valence-electron chi connectivity index (χ2n) is 5.58. The summed E-state index contributed by atoms with van der Waals surface area (Å²) >= 11 is 1.68. The van der Waals surface area contributed by atoms with Gasteiger partial charge in [-0.15, -0.1) is 11.3 Å². The molecule has 3 aromatic rings. The maximum Gasteiger partial charge on any atom is 0.219 e. The summed E-state index contributed by atoms with van der Waals surface area (Å²) in [6.07, 6.45) is 3.66. The number of carbonyl (C=O) groups is 1. The summed E-state index contributed by atoms with van der Waals surface area (Å²) in [4.78, 5) is 21.3. The lowest BCUT2D eigenvalue weighted by molar-refractivity contribution is -0.129. The van der Waals surface area contributed by atoms with Crippen molar-refractivity contribution in [3.8, 4) is 10.6 Å². The highest BCUT2D eigenvalue weighted by Crippen LogP contribution is 2.28. The summed E-state index contributed by atoms with van der Waals surface area (Å²) in [7, 11) is 0. The molecule has 0 saturated carbocycles. The fourth-order valence-electron chi connectivity index (χ4n) is 2.93. The van der Waals surface area contributed by atoms with Gasteiger partial charge in [-0.3, -0.25) is 4.79 Å². The van der Waals surface area contributed by atoms with Crippen molar-refractivity contribution in [3.05, 3.63) is 36.0 Å². The van der Waals surface area contributed by atoms with Crippen LogP contribution < -0.4 is 4.90 Å². The van der Waals surface area contributed by atoms with Gasteiger partial charge in [-0.2, -0.15) is 5.10 Å². The molecule has 0 bridgehead atoms. The van der Waals surface area contributed by atoms with Gasteiger partial charge in [0.1, 0.15) is 11.2 Å². The number of rotatable bonds is 2. The number of amides is 1. The highest BCUT2D eigenvalue weighted by molar-refractivity contribution is 7.13. The molecule has 0 aromatic carbocycles. The second kappa shape index (κ2) is 5.66. The van der Waals surface area contributed by atoms with Crippen LogP contribution in [0.1, 0.15) is 6.92 Å². The van der Waals surface area contributed by atoms with E-state index < -0.39 is 0 Å². The zero-order valence-electron chi connectivity index (χ0n) is 12.8. The number of hydrogen-bond donors (Lipinski definition) is 0. The van der Waals surface area contributed by atoms with Crippen LogP contribution in [-0.2, 0) is 4.79 Å². The first-order chi connectivity index (χ1) is 11.2. The normalized spacial score (nSPS) is 15.3. The molecule has 1 aliphatic heterocycles. The molecule has 3 aromatic heterocycles. The number of aromatic nitrogens is 3. The van der Waals surface area contributed by atoms with Crippen LogP contribution in [0.2, 0.25) is 0 Å². The monoisotopic (exact) mass is 327 g/mol. The molecule has 1 amide bonds. The molecule has 0 radical (unpaired) electrons. The van der Waals surface area contributed by atoms with Crippen LogP contribution in [0, 0.1) is 0 Å². The summed E-state index contributed by atoms with van der Waals surface area (Å²) in [5.74, 6) is 1.08. The SMILES string of the molecule is CC(=O)N1CCN(c2nccn3nc(-c4cccs4)cc23)CC1. The van der Waals surface area contributed by atoms with Crippen molar-refractivity contribution in [1.29, 1.82) is 0 Å². The van der Waals surface area contributed by atoms with Crippen molar-refractivity contribution in [2.45, 2.75) is 6.92 Å². The van der Waals surface area contributed by atoms with Crippen molar-refractivity contribution in [2.24, 2.45) is 0 Å². The quantitative estimate of drug-likeness (QED) is 0.723. The number of thiophene rings is 1. The Balaban J connectivity index is 1.67. The van der Waals surface area contributed by atoms with Crippen LogP contribution in [0.5, 0.6) is 0 Å². The minimum absolute atomic E-state index is 0.139. The van der Waals surface area contributed by atoms with Crippen LogP contribution in [0.15, 0.2) is 36.0 Å². The Bertz CT molecular complexity index is 833. The zero-order valence-corrected chi connectivity index (χ0v) is 13.7. The Kier molecular flexibility index (Phi) is 3.49. The Morgan fingerprint density at radius 1 is 1.26 bits per heavy atom. The molecule has 1 aliphatic rings. The van der Waals surface area contributed by atoms with Gasteiger partial charge >= 0.3 is 0 Å². The van der Waals surface area contributed by atoms with Gasteiger partial charge in [0.05, 0.1) is 4.88 Å². The van der Waals surface area contributed by atoms with E-state index in [9.17, 15) is 4.79 Å². The van der Waals surface area contributed by atoms with Gasteiger partial charge in [-0.1, -0.05) is 6.07 Å². The van der Waals surface area contributed by atoms with Crippen molar-refractivity contribution >= 4 is 28.6 Å². The largest absolute Gasteiger partial charge is 0.351 e. The molecule has 0 atom stereocenters. The molecule has 4 heterocycles. The minimum atomic E-state index is 0.139. The van der Waals surface area contributed by atoms with Gasteiger partial charge in [-0.25, -0.2) is 9.50 Å². The predicted octanol–water partition coefficient (Wildman–Crippen LogP) is 2.13. The Morgan fingerprint density at radius 3 is 2.78 bits per heavy atom. The van der Waals surface area contributed by atoms with Crippen molar-refractivity contribution in [2.75, 3.05) is 31.1 Å². The summed E-state index contributed by atoms with van der Waals surface area (Å²) in [5, 5.41) is 6.70. The maximum atomic E-state index is 11.5. The van der Waals surface area contributed by atoms with Crippen molar-refractivity contribution < 1.29 is 4.79 Å². The number of fused-ring (bicyclic) bond motifs is 1.